The summed E-state index contributed by atoms with van der Waals surface area (Å²) in [6.07, 6.45) is 0. The normalized spacial score (nSPS) is 11.4. The molecule has 0 radical (unpaired) electrons. The monoisotopic (exact) mass is 244 g/mol. The second-order valence-corrected chi connectivity index (χ2v) is 4.85. The molecule has 90 valence electrons. The molecule has 1 heterocycles. The topological polar surface area (TPSA) is 25.8 Å². The highest BCUT2D eigenvalue weighted by Crippen LogP contribution is 2.23. The molecule has 0 aliphatic rings. The smallest absolute Gasteiger partial charge is 0.0923 e. The van der Waals surface area contributed by atoms with Crippen molar-refractivity contribution in [2.75, 3.05) is 0 Å². The highest BCUT2D eigenvalue weighted by atomic mass is 14.8. The van der Waals surface area contributed by atoms with Gasteiger partial charge in [-0.2, -0.15) is 0 Å². The van der Waals surface area contributed by atoms with Gasteiger partial charge in [0.25, 0.3) is 0 Å². The SMILES string of the molecule is Cc1cccc2nc3cc4ccccc4cc3nc12. The highest BCUT2D eigenvalue weighted by molar-refractivity contribution is 5.97. The lowest BCUT2D eigenvalue weighted by Crippen LogP contribution is -1.89. The van der Waals surface area contributed by atoms with Crippen LogP contribution in [0.5, 0.6) is 0 Å². The first-order valence-corrected chi connectivity index (χ1v) is 6.37. The van der Waals surface area contributed by atoms with E-state index in [2.05, 4.69) is 37.3 Å². The number of aromatic nitrogens is 2. The lowest BCUT2D eigenvalue weighted by atomic mass is 10.1. The Morgan fingerprint density at radius 3 is 2.11 bits per heavy atom. The summed E-state index contributed by atoms with van der Waals surface area (Å²) >= 11 is 0. The van der Waals surface area contributed by atoms with Crippen molar-refractivity contribution in [2.24, 2.45) is 0 Å². The molecule has 0 atom stereocenters. The zero-order valence-electron chi connectivity index (χ0n) is 10.6. The van der Waals surface area contributed by atoms with Gasteiger partial charge in [0.15, 0.2) is 0 Å². The first kappa shape index (κ1) is 10.4. The number of fused-ring (bicyclic) bond motifs is 3. The molecule has 0 bridgehead atoms. The molecule has 4 rings (SSSR count). The zero-order chi connectivity index (χ0) is 12.8. The van der Waals surface area contributed by atoms with E-state index in [0.29, 0.717) is 0 Å². The van der Waals surface area contributed by atoms with Gasteiger partial charge in [-0.05, 0) is 41.5 Å². The number of aryl methyl sites for hydroxylation is 1. The maximum Gasteiger partial charge on any atom is 0.0923 e. The summed E-state index contributed by atoms with van der Waals surface area (Å²) in [5, 5.41) is 2.41. The third-order valence-corrected chi connectivity index (χ3v) is 3.53. The Labute approximate surface area is 110 Å². The summed E-state index contributed by atoms with van der Waals surface area (Å²) in [6.45, 7) is 2.07. The molecule has 4 aromatic rings. The molecule has 0 saturated carbocycles. The fourth-order valence-electron chi connectivity index (χ4n) is 2.52. The average molecular weight is 244 g/mol. The van der Waals surface area contributed by atoms with Gasteiger partial charge in [-0.3, -0.25) is 0 Å². The first-order chi connectivity index (χ1) is 9.31. The fraction of sp³-hybridized carbons (Fsp3) is 0.0588. The van der Waals surface area contributed by atoms with E-state index in [-0.39, 0.29) is 0 Å². The van der Waals surface area contributed by atoms with Gasteiger partial charge in [0.2, 0.25) is 0 Å². The Balaban J connectivity index is 2.20. The molecular formula is C17H12N2. The first-order valence-electron chi connectivity index (χ1n) is 6.37. The average Bonchev–Trinajstić information content (AvgIpc) is 2.44. The highest BCUT2D eigenvalue weighted by Gasteiger charge is 2.04. The van der Waals surface area contributed by atoms with Crippen LogP contribution >= 0.6 is 0 Å². The van der Waals surface area contributed by atoms with Crippen molar-refractivity contribution in [1.82, 2.24) is 9.97 Å². The van der Waals surface area contributed by atoms with Gasteiger partial charge in [0.1, 0.15) is 0 Å². The summed E-state index contributed by atoms with van der Waals surface area (Å²) in [7, 11) is 0. The minimum absolute atomic E-state index is 0.955. The molecule has 0 aliphatic carbocycles. The summed E-state index contributed by atoms with van der Waals surface area (Å²) < 4.78 is 0. The second-order valence-electron chi connectivity index (χ2n) is 4.85. The van der Waals surface area contributed by atoms with Crippen molar-refractivity contribution in [3.05, 3.63) is 60.2 Å². The van der Waals surface area contributed by atoms with E-state index in [1.807, 2.05) is 24.3 Å². The standard InChI is InChI=1S/C17H12N2/c1-11-5-4-8-14-17(11)19-16-10-13-7-3-2-6-12(13)9-15(16)18-14/h2-10H,1H3. The molecular weight excluding hydrogens is 232 g/mol. The van der Waals surface area contributed by atoms with Crippen LogP contribution < -0.4 is 0 Å². The van der Waals surface area contributed by atoms with Crippen LogP contribution in [0.4, 0.5) is 0 Å². The molecule has 19 heavy (non-hydrogen) atoms. The minimum atomic E-state index is 0.955. The summed E-state index contributed by atoms with van der Waals surface area (Å²) in [5.41, 5.74) is 5.03. The molecule has 1 aromatic heterocycles. The zero-order valence-corrected chi connectivity index (χ0v) is 10.6. The van der Waals surface area contributed by atoms with Crippen LogP contribution in [0.25, 0.3) is 32.8 Å². The molecule has 2 heteroatoms. The van der Waals surface area contributed by atoms with Crippen molar-refractivity contribution in [2.45, 2.75) is 6.92 Å². The largest absolute Gasteiger partial charge is 0.244 e. The van der Waals surface area contributed by atoms with Gasteiger partial charge in [-0.25, -0.2) is 9.97 Å². The van der Waals surface area contributed by atoms with Gasteiger partial charge in [-0.15, -0.1) is 0 Å². The number of hydrogen-bond donors (Lipinski definition) is 0. The van der Waals surface area contributed by atoms with E-state index < -0.39 is 0 Å². The van der Waals surface area contributed by atoms with Crippen molar-refractivity contribution < 1.29 is 0 Å². The van der Waals surface area contributed by atoms with Crippen LogP contribution in [-0.4, -0.2) is 9.97 Å². The van der Waals surface area contributed by atoms with Crippen LogP contribution in [0.3, 0.4) is 0 Å². The third-order valence-electron chi connectivity index (χ3n) is 3.53. The predicted molar refractivity (Wildman–Crippen MR) is 79.3 cm³/mol. The van der Waals surface area contributed by atoms with Crippen molar-refractivity contribution in [3.63, 3.8) is 0 Å². The molecule has 0 unspecified atom stereocenters. The Bertz CT molecular complexity index is 926. The van der Waals surface area contributed by atoms with Gasteiger partial charge in [0, 0.05) is 0 Å². The summed E-state index contributed by atoms with van der Waals surface area (Å²) in [4.78, 5) is 9.49. The molecule has 3 aromatic carbocycles. The van der Waals surface area contributed by atoms with Crippen LogP contribution in [0.1, 0.15) is 5.56 Å². The quantitative estimate of drug-likeness (QED) is 0.432. The minimum Gasteiger partial charge on any atom is -0.244 e. The van der Waals surface area contributed by atoms with Crippen LogP contribution in [0.2, 0.25) is 0 Å². The van der Waals surface area contributed by atoms with Crippen LogP contribution in [-0.2, 0) is 0 Å². The van der Waals surface area contributed by atoms with Crippen molar-refractivity contribution in [1.29, 1.82) is 0 Å². The van der Waals surface area contributed by atoms with E-state index in [1.165, 1.54) is 16.3 Å². The van der Waals surface area contributed by atoms with E-state index in [9.17, 15) is 0 Å². The third kappa shape index (κ3) is 1.57. The second kappa shape index (κ2) is 3.75. The molecule has 0 saturated heterocycles. The van der Waals surface area contributed by atoms with Gasteiger partial charge in [-0.1, -0.05) is 36.4 Å². The molecule has 0 fully saturated rings. The number of para-hydroxylation sites is 1. The van der Waals surface area contributed by atoms with Crippen LogP contribution in [0, 0.1) is 6.92 Å². The number of nitrogens with zero attached hydrogens (tertiary/aromatic N) is 2. The Hall–Kier alpha value is -2.48. The van der Waals surface area contributed by atoms with Crippen molar-refractivity contribution >= 4 is 32.8 Å². The Morgan fingerprint density at radius 2 is 1.37 bits per heavy atom. The molecule has 2 nitrogen and oxygen atoms in total. The van der Waals surface area contributed by atoms with E-state index >= 15 is 0 Å². The fourth-order valence-corrected chi connectivity index (χ4v) is 2.52. The molecule has 0 spiro atoms. The van der Waals surface area contributed by atoms with Gasteiger partial charge < -0.3 is 0 Å². The lowest BCUT2D eigenvalue weighted by Gasteiger charge is -2.05. The summed E-state index contributed by atoms with van der Waals surface area (Å²) in [6, 6.07) is 18.7. The number of benzene rings is 3. The lowest BCUT2D eigenvalue weighted by molar-refractivity contribution is 1.36. The molecule has 0 aliphatic heterocycles. The van der Waals surface area contributed by atoms with Crippen LogP contribution in [0.15, 0.2) is 54.6 Å². The van der Waals surface area contributed by atoms with E-state index in [1.54, 1.807) is 0 Å². The van der Waals surface area contributed by atoms with E-state index in [4.69, 9.17) is 9.97 Å². The van der Waals surface area contributed by atoms with Gasteiger partial charge in [0.05, 0.1) is 22.1 Å². The van der Waals surface area contributed by atoms with Gasteiger partial charge >= 0.3 is 0 Å². The van der Waals surface area contributed by atoms with E-state index in [0.717, 1.165) is 22.1 Å². The maximum atomic E-state index is 4.76. The van der Waals surface area contributed by atoms with Crippen molar-refractivity contribution in [3.8, 4) is 0 Å². The maximum absolute atomic E-state index is 4.76. The number of rotatable bonds is 0. The predicted octanol–water partition coefficient (Wildman–Crippen LogP) is 4.24. The molecule has 0 amide bonds. The Kier molecular flexibility index (Phi) is 2.06. The summed E-state index contributed by atoms with van der Waals surface area (Å²) in [5.74, 6) is 0. The molecule has 0 N–H and O–H groups in total. The Morgan fingerprint density at radius 1 is 0.684 bits per heavy atom. The number of hydrogen-bond acceptors (Lipinski definition) is 2.